The van der Waals surface area contributed by atoms with Crippen LogP contribution in [0.15, 0.2) is 87.3 Å². The van der Waals surface area contributed by atoms with Crippen LogP contribution in [0.5, 0.6) is 0 Å². The molecule has 0 saturated carbocycles. The Morgan fingerprint density at radius 1 is 0.867 bits per heavy atom. The highest BCUT2D eigenvalue weighted by atomic mass is 79.9. The molecule has 30 heavy (non-hydrogen) atoms. The molecule has 0 unspecified atom stereocenters. The number of hydrogen-bond donors (Lipinski definition) is 0. The molecule has 1 fully saturated rings. The molecule has 6 nitrogen and oxygen atoms in total. The Hall–Kier alpha value is -2.71. The van der Waals surface area contributed by atoms with E-state index >= 15 is 0 Å². The first-order valence-corrected chi connectivity index (χ1v) is 11.8. The molecule has 4 rings (SSSR count). The van der Waals surface area contributed by atoms with E-state index in [0.717, 1.165) is 23.2 Å². The SMILES string of the molecule is O=C(c1ccc(S(=O)(=O)c2ccc(Br)cc2)nc1)N1CCN(c2ccccc2)CC1. The lowest BCUT2D eigenvalue weighted by Gasteiger charge is -2.36. The summed E-state index contributed by atoms with van der Waals surface area (Å²) in [7, 11) is -3.72. The summed E-state index contributed by atoms with van der Waals surface area (Å²) in [5, 5.41) is -0.0738. The molecule has 1 saturated heterocycles. The van der Waals surface area contributed by atoms with Crippen molar-refractivity contribution in [3.8, 4) is 0 Å². The summed E-state index contributed by atoms with van der Waals surface area (Å²) in [5.74, 6) is -0.136. The van der Waals surface area contributed by atoms with Crippen molar-refractivity contribution < 1.29 is 13.2 Å². The second-order valence-electron chi connectivity index (χ2n) is 6.96. The smallest absolute Gasteiger partial charge is 0.255 e. The van der Waals surface area contributed by atoms with Crippen molar-refractivity contribution in [2.24, 2.45) is 0 Å². The molecule has 2 heterocycles. The van der Waals surface area contributed by atoms with E-state index in [4.69, 9.17) is 0 Å². The van der Waals surface area contributed by atoms with Crippen molar-refractivity contribution in [1.82, 2.24) is 9.88 Å². The van der Waals surface area contributed by atoms with Crippen LogP contribution in [0, 0.1) is 0 Å². The first kappa shape index (κ1) is 20.6. The molecule has 0 atom stereocenters. The van der Waals surface area contributed by atoms with Gasteiger partial charge in [0.15, 0.2) is 5.03 Å². The highest BCUT2D eigenvalue weighted by Gasteiger charge is 2.24. The molecule has 3 aromatic rings. The molecule has 0 aliphatic carbocycles. The third kappa shape index (κ3) is 4.24. The van der Waals surface area contributed by atoms with Gasteiger partial charge in [0.2, 0.25) is 9.84 Å². The average Bonchev–Trinajstić information content (AvgIpc) is 2.80. The van der Waals surface area contributed by atoms with Crippen LogP contribution in [-0.4, -0.2) is 50.4 Å². The molecule has 0 bridgehead atoms. The van der Waals surface area contributed by atoms with Crippen LogP contribution in [0.4, 0.5) is 5.69 Å². The van der Waals surface area contributed by atoms with Gasteiger partial charge in [0.1, 0.15) is 0 Å². The van der Waals surface area contributed by atoms with Crippen LogP contribution in [0.1, 0.15) is 10.4 Å². The van der Waals surface area contributed by atoms with Crippen LogP contribution in [-0.2, 0) is 9.84 Å². The lowest BCUT2D eigenvalue weighted by Crippen LogP contribution is -2.48. The van der Waals surface area contributed by atoms with E-state index in [0.29, 0.717) is 18.7 Å². The van der Waals surface area contributed by atoms with E-state index in [-0.39, 0.29) is 15.8 Å². The van der Waals surface area contributed by atoms with Gasteiger partial charge in [0.05, 0.1) is 10.5 Å². The van der Waals surface area contributed by atoms with Gasteiger partial charge in [0, 0.05) is 42.5 Å². The summed E-state index contributed by atoms with van der Waals surface area (Å²) < 4.78 is 26.2. The summed E-state index contributed by atoms with van der Waals surface area (Å²) in [6.45, 7) is 2.71. The van der Waals surface area contributed by atoms with Crippen LogP contribution in [0.3, 0.4) is 0 Å². The number of aromatic nitrogens is 1. The number of pyridine rings is 1. The van der Waals surface area contributed by atoms with E-state index in [1.54, 1.807) is 17.0 Å². The number of sulfone groups is 1. The van der Waals surface area contributed by atoms with Crippen LogP contribution < -0.4 is 4.90 Å². The maximum Gasteiger partial charge on any atom is 0.255 e. The van der Waals surface area contributed by atoms with Crippen molar-refractivity contribution in [2.75, 3.05) is 31.1 Å². The Morgan fingerprint density at radius 2 is 1.53 bits per heavy atom. The minimum atomic E-state index is -3.72. The topological polar surface area (TPSA) is 70.6 Å². The van der Waals surface area contributed by atoms with Gasteiger partial charge in [-0.3, -0.25) is 4.79 Å². The van der Waals surface area contributed by atoms with Crippen molar-refractivity contribution in [2.45, 2.75) is 9.92 Å². The van der Waals surface area contributed by atoms with E-state index in [1.165, 1.54) is 30.5 Å². The molecular formula is C22H20BrN3O3S. The van der Waals surface area contributed by atoms with Crippen molar-refractivity contribution >= 4 is 37.4 Å². The second kappa shape index (κ2) is 8.57. The fourth-order valence-electron chi connectivity index (χ4n) is 3.39. The summed E-state index contributed by atoms with van der Waals surface area (Å²) in [6.07, 6.45) is 1.34. The largest absolute Gasteiger partial charge is 0.368 e. The van der Waals surface area contributed by atoms with Gasteiger partial charge in [0.25, 0.3) is 5.91 Å². The third-order valence-corrected chi connectivity index (χ3v) is 7.28. The number of para-hydroxylation sites is 1. The summed E-state index contributed by atoms with van der Waals surface area (Å²) in [6, 6.07) is 19.4. The van der Waals surface area contributed by atoms with Crippen LogP contribution in [0.25, 0.3) is 0 Å². The first-order chi connectivity index (χ1) is 14.4. The molecule has 154 valence electrons. The number of benzene rings is 2. The van der Waals surface area contributed by atoms with Gasteiger partial charge in [-0.15, -0.1) is 0 Å². The zero-order valence-corrected chi connectivity index (χ0v) is 18.5. The molecule has 1 aromatic heterocycles. The van der Waals surface area contributed by atoms with E-state index < -0.39 is 9.84 Å². The maximum absolute atomic E-state index is 12.8. The van der Waals surface area contributed by atoms with E-state index in [1.807, 2.05) is 18.2 Å². The number of anilines is 1. The Bertz CT molecular complexity index is 1130. The van der Waals surface area contributed by atoms with Crippen molar-refractivity contribution in [3.63, 3.8) is 0 Å². The highest BCUT2D eigenvalue weighted by Crippen LogP contribution is 2.22. The molecule has 0 spiro atoms. The van der Waals surface area contributed by atoms with Crippen molar-refractivity contribution in [3.05, 3.63) is 83.0 Å². The maximum atomic E-state index is 12.8. The van der Waals surface area contributed by atoms with Crippen molar-refractivity contribution in [1.29, 1.82) is 0 Å². The van der Waals surface area contributed by atoms with Gasteiger partial charge < -0.3 is 9.80 Å². The first-order valence-electron chi connectivity index (χ1n) is 9.51. The number of halogens is 1. The monoisotopic (exact) mass is 485 g/mol. The molecule has 0 N–H and O–H groups in total. The van der Waals surface area contributed by atoms with Crippen LogP contribution >= 0.6 is 15.9 Å². The zero-order valence-electron chi connectivity index (χ0n) is 16.1. The predicted octanol–water partition coefficient (Wildman–Crippen LogP) is 3.64. The second-order valence-corrected chi connectivity index (χ2v) is 9.77. The molecule has 0 radical (unpaired) electrons. The average molecular weight is 486 g/mol. The number of amides is 1. The van der Waals surface area contributed by atoms with Gasteiger partial charge in [-0.25, -0.2) is 13.4 Å². The van der Waals surface area contributed by atoms with E-state index in [9.17, 15) is 13.2 Å². The molecule has 1 aliphatic rings. The Balaban J connectivity index is 1.44. The number of rotatable bonds is 4. The quantitative estimate of drug-likeness (QED) is 0.564. The lowest BCUT2D eigenvalue weighted by molar-refractivity contribution is 0.0746. The molecular weight excluding hydrogens is 466 g/mol. The van der Waals surface area contributed by atoms with Gasteiger partial charge >= 0.3 is 0 Å². The Labute approximate surface area is 184 Å². The molecule has 1 aliphatic heterocycles. The number of carbonyl (C=O) groups is 1. The van der Waals surface area contributed by atoms with Gasteiger partial charge in [-0.1, -0.05) is 34.1 Å². The lowest BCUT2D eigenvalue weighted by atomic mass is 10.2. The number of carbonyl (C=O) groups excluding carboxylic acids is 1. The number of piperazine rings is 1. The minimum Gasteiger partial charge on any atom is -0.368 e. The fourth-order valence-corrected chi connectivity index (χ4v) is 4.83. The Morgan fingerprint density at radius 3 is 2.13 bits per heavy atom. The highest BCUT2D eigenvalue weighted by molar-refractivity contribution is 9.10. The fraction of sp³-hybridized carbons (Fsp3) is 0.182. The number of hydrogen-bond acceptors (Lipinski definition) is 5. The minimum absolute atomic E-state index is 0.0738. The zero-order chi connectivity index (χ0) is 21.1. The summed E-state index contributed by atoms with van der Waals surface area (Å²) >= 11 is 3.29. The van der Waals surface area contributed by atoms with E-state index in [2.05, 4.69) is 37.9 Å². The van der Waals surface area contributed by atoms with Gasteiger partial charge in [-0.05, 0) is 48.5 Å². The Kier molecular flexibility index (Phi) is 5.87. The predicted molar refractivity (Wildman–Crippen MR) is 118 cm³/mol. The molecule has 2 aromatic carbocycles. The number of nitrogens with zero attached hydrogens (tertiary/aromatic N) is 3. The molecule has 8 heteroatoms. The summed E-state index contributed by atoms with van der Waals surface area (Å²) in [5.41, 5.74) is 1.53. The summed E-state index contributed by atoms with van der Waals surface area (Å²) in [4.78, 5) is 21.1. The van der Waals surface area contributed by atoms with Gasteiger partial charge in [-0.2, -0.15) is 0 Å². The molecule has 1 amide bonds. The standard InChI is InChI=1S/C22H20BrN3O3S/c23-18-7-9-20(10-8-18)30(28,29)21-11-6-17(16-24-21)22(27)26-14-12-25(13-15-26)19-4-2-1-3-5-19/h1-11,16H,12-15H2. The normalized spacial score (nSPS) is 14.6. The third-order valence-electron chi connectivity index (χ3n) is 5.07. The van der Waals surface area contributed by atoms with Crippen LogP contribution in [0.2, 0.25) is 0 Å².